The maximum Gasteiger partial charge on any atom is 0.472 e. The fourth-order valence-corrected chi connectivity index (χ4v) is 2.75. The van der Waals surface area contributed by atoms with Gasteiger partial charge in [0.2, 0.25) is 0 Å². The van der Waals surface area contributed by atoms with Crippen molar-refractivity contribution in [3.05, 3.63) is 0 Å². The molecule has 0 aliphatic carbocycles. The third-order valence-corrected chi connectivity index (χ3v) is 4.09. The number of aliphatic hydroxyl groups is 3. The van der Waals surface area contributed by atoms with E-state index in [-0.39, 0.29) is 6.61 Å². The highest BCUT2D eigenvalue weighted by atomic mass is 31.2. The summed E-state index contributed by atoms with van der Waals surface area (Å²) in [7, 11) is -0.388. The van der Waals surface area contributed by atoms with Crippen LogP contribution in [0.4, 0.5) is 0 Å². The van der Waals surface area contributed by atoms with Gasteiger partial charge in [0.05, 0.1) is 40.5 Å². The van der Waals surface area contributed by atoms with Crippen molar-refractivity contribution >= 4 is 7.82 Å². The number of nitrogens with zero attached hydrogens (tertiary/aromatic N) is 1. The molecule has 4 N–H and O–H groups in total. The average Bonchev–Trinajstić information content (AvgIpc) is 2.42. The van der Waals surface area contributed by atoms with Gasteiger partial charge in [-0.3, -0.25) is 9.05 Å². The molecule has 0 saturated heterocycles. The molecule has 0 fully saturated rings. The number of aliphatic hydroxyl groups excluding tert-OH is 3. The molecule has 3 atom stereocenters. The van der Waals surface area contributed by atoms with Gasteiger partial charge in [-0.15, -0.1) is 0 Å². The highest BCUT2D eigenvalue weighted by Gasteiger charge is 2.27. The summed E-state index contributed by atoms with van der Waals surface area (Å²) >= 11 is 0. The van der Waals surface area contributed by atoms with Gasteiger partial charge in [-0.05, 0) is 12.8 Å². The van der Waals surface area contributed by atoms with Crippen LogP contribution in [0.3, 0.4) is 0 Å². The minimum Gasteiger partial charge on any atom is -0.394 e. The third kappa shape index (κ3) is 11.5. The number of quaternary nitrogens is 1. The van der Waals surface area contributed by atoms with E-state index in [0.29, 0.717) is 11.0 Å². The van der Waals surface area contributed by atoms with Gasteiger partial charge in [0.15, 0.2) is 0 Å². The molecule has 9 heteroatoms. The van der Waals surface area contributed by atoms with Crippen molar-refractivity contribution in [3.63, 3.8) is 0 Å². The monoisotopic (exact) mass is 344 g/mol. The van der Waals surface area contributed by atoms with Crippen molar-refractivity contribution in [1.82, 2.24) is 0 Å². The van der Waals surface area contributed by atoms with E-state index in [9.17, 15) is 14.6 Å². The standard InChI is InChI=1S/C13H30NO7P/c1-4-5-6-7-14(2,3)8-12(16)10-20-22(18,19)21-11-13(17)9-15/h12-13,15-17H,4-11H2,1-3H3/p+1. The highest BCUT2D eigenvalue weighted by molar-refractivity contribution is 7.47. The maximum absolute atomic E-state index is 11.5. The van der Waals surface area contributed by atoms with Gasteiger partial charge in [0.25, 0.3) is 0 Å². The van der Waals surface area contributed by atoms with E-state index in [1.807, 2.05) is 14.1 Å². The second-order valence-corrected chi connectivity index (χ2v) is 7.55. The van der Waals surface area contributed by atoms with Crippen molar-refractivity contribution < 1.29 is 38.3 Å². The summed E-state index contributed by atoms with van der Waals surface area (Å²) < 4.78 is 21.3. The summed E-state index contributed by atoms with van der Waals surface area (Å²) in [6, 6.07) is 0. The van der Waals surface area contributed by atoms with Crippen LogP contribution >= 0.6 is 7.82 Å². The second kappa shape index (κ2) is 10.7. The van der Waals surface area contributed by atoms with Crippen LogP contribution in [0.25, 0.3) is 0 Å². The van der Waals surface area contributed by atoms with E-state index < -0.39 is 33.2 Å². The van der Waals surface area contributed by atoms with E-state index in [0.717, 1.165) is 25.8 Å². The molecule has 0 rings (SSSR count). The van der Waals surface area contributed by atoms with E-state index in [1.54, 1.807) is 0 Å². The fourth-order valence-electron chi connectivity index (χ4n) is 1.95. The summed E-state index contributed by atoms with van der Waals surface area (Å²) in [5, 5.41) is 27.5. The minimum absolute atomic E-state index is 0.335. The number of phosphoric acid groups is 1. The fraction of sp³-hybridized carbons (Fsp3) is 1.00. The zero-order valence-corrected chi connectivity index (χ0v) is 14.6. The first kappa shape index (κ1) is 21.9. The molecule has 0 aromatic heterocycles. The van der Waals surface area contributed by atoms with Crippen LogP contribution in [0.1, 0.15) is 26.2 Å². The summed E-state index contributed by atoms with van der Waals surface area (Å²) in [6.45, 7) is 1.99. The van der Waals surface area contributed by atoms with E-state index >= 15 is 0 Å². The first-order valence-electron chi connectivity index (χ1n) is 7.52. The van der Waals surface area contributed by atoms with E-state index in [1.165, 1.54) is 0 Å². The van der Waals surface area contributed by atoms with Crippen molar-refractivity contribution in [1.29, 1.82) is 0 Å². The molecule has 0 amide bonds. The number of hydrogen-bond donors (Lipinski definition) is 4. The molecule has 0 heterocycles. The Kier molecular flexibility index (Phi) is 10.6. The van der Waals surface area contributed by atoms with Gasteiger partial charge < -0.3 is 24.7 Å². The van der Waals surface area contributed by atoms with Crippen molar-refractivity contribution in [2.75, 3.05) is 47.0 Å². The van der Waals surface area contributed by atoms with Crippen molar-refractivity contribution in [3.8, 4) is 0 Å². The summed E-state index contributed by atoms with van der Waals surface area (Å²) in [4.78, 5) is 9.38. The molecule has 22 heavy (non-hydrogen) atoms. The van der Waals surface area contributed by atoms with Gasteiger partial charge in [0, 0.05) is 0 Å². The molecule has 0 aliphatic heterocycles. The molecule has 0 aromatic rings. The molecule has 0 aromatic carbocycles. The normalized spacial score (nSPS) is 18.0. The Morgan fingerprint density at radius 1 is 1.09 bits per heavy atom. The highest BCUT2D eigenvalue weighted by Crippen LogP contribution is 2.43. The first-order valence-corrected chi connectivity index (χ1v) is 9.02. The van der Waals surface area contributed by atoms with Crippen LogP contribution in [-0.4, -0.2) is 83.9 Å². The van der Waals surface area contributed by atoms with E-state index in [4.69, 9.17) is 14.7 Å². The van der Waals surface area contributed by atoms with Crippen LogP contribution in [0.2, 0.25) is 0 Å². The van der Waals surface area contributed by atoms with Gasteiger partial charge >= 0.3 is 7.82 Å². The van der Waals surface area contributed by atoms with Crippen LogP contribution in [0.15, 0.2) is 0 Å². The third-order valence-electron chi connectivity index (χ3n) is 3.14. The minimum atomic E-state index is -4.34. The van der Waals surface area contributed by atoms with Gasteiger partial charge in [0.1, 0.15) is 18.8 Å². The van der Waals surface area contributed by atoms with Crippen LogP contribution in [0.5, 0.6) is 0 Å². The zero-order chi connectivity index (χ0) is 17.2. The van der Waals surface area contributed by atoms with Crippen LogP contribution in [-0.2, 0) is 13.6 Å². The quantitative estimate of drug-likeness (QED) is 0.213. The second-order valence-electron chi connectivity index (χ2n) is 6.10. The summed E-state index contributed by atoms with van der Waals surface area (Å²) in [5.41, 5.74) is 0. The molecule has 0 spiro atoms. The van der Waals surface area contributed by atoms with Crippen LogP contribution in [0, 0.1) is 0 Å². The molecule has 0 bridgehead atoms. The summed E-state index contributed by atoms with van der Waals surface area (Å²) in [5.74, 6) is 0. The van der Waals surface area contributed by atoms with Gasteiger partial charge in [-0.2, -0.15) is 0 Å². The van der Waals surface area contributed by atoms with Gasteiger partial charge in [-0.25, -0.2) is 4.57 Å². The van der Waals surface area contributed by atoms with E-state index in [2.05, 4.69) is 11.4 Å². The Morgan fingerprint density at radius 3 is 2.14 bits per heavy atom. The maximum atomic E-state index is 11.5. The predicted molar refractivity (Wildman–Crippen MR) is 82.2 cm³/mol. The Labute approximate surface area is 132 Å². The summed E-state index contributed by atoms with van der Waals surface area (Å²) in [6.07, 6.45) is 1.15. The van der Waals surface area contributed by atoms with Crippen LogP contribution < -0.4 is 0 Å². The lowest BCUT2D eigenvalue weighted by Gasteiger charge is -2.32. The lowest BCUT2D eigenvalue weighted by atomic mass is 10.2. The number of hydrogen-bond acceptors (Lipinski definition) is 6. The molecule has 8 nitrogen and oxygen atoms in total. The van der Waals surface area contributed by atoms with Crippen molar-refractivity contribution in [2.24, 2.45) is 0 Å². The molecule has 134 valence electrons. The Hall–Kier alpha value is -0.0500. The topological polar surface area (TPSA) is 116 Å². The lowest BCUT2D eigenvalue weighted by molar-refractivity contribution is -0.893. The zero-order valence-electron chi connectivity index (χ0n) is 13.7. The molecule has 0 radical (unpaired) electrons. The number of rotatable bonds is 13. The number of phosphoric ester groups is 1. The Morgan fingerprint density at radius 2 is 1.64 bits per heavy atom. The van der Waals surface area contributed by atoms with Crippen molar-refractivity contribution in [2.45, 2.75) is 38.4 Å². The number of unbranched alkanes of at least 4 members (excludes halogenated alkanes) is 2. The molecule has 3 unspecified atom stereocenters. The SMILES string of the molecule is CCCCC[N+](C)(C)CC(O)COP(=O)(O)OCC(O)CO. The lowest BCUT2D eigenvalue weighted by Crippen LogP contribution is -2.47. The smallest absolute Gasteiger partial charge is 0.394 e. The Bertz CT molecular complexity index is 340. The first-order chi connectivity index (χ1) is 10.1. The largest absolute Gasteiger partial charge is 0.472 e. The molecular weight excluding hydrogens is 313 g/mol. The Balaban J connectivity index is 4.09. The molecule has 0 aliphatic rings. The van der Waals surface area contributed by atoms with Gasteiger partial charge in [-0.1, -0.05) is 13.3 Å². The average molecular weight is 344 g/mol. The molecule has 0 saturated carbocycles. The predicted octanol–water partition coefficient (Wildman–Crippen LogP) is 0.101. The number of likely N-dealkylation sites (N-methyl/N-ethyl adjacent to an activating group) is 1. The molecular formula is C13H31NO7P+.